The number of hydrogen-bond acceptors (Lipinski definition) is 4. The summed E-state index contributed by atoms with van der Waals surface area (Å²) in [5, 5.41) is 11.1. The Balaban J connectivity index is 1.87. The van der Waals surface area contributed by atoms with Crippen molar-refractivity contribution in [3.63, 3.8) is 0 Å². The summed E-state index contributed by atoms with van der Waals surface area (Å²) in [6.07, 6.45) is 0.974. The molecule has 1 aromatic heterocycles. The Bertz CT molecular complexity index is 346. The summed E-state index contributed by atoms with van der Waals surface area (Å²) >= 11 is 1.99. The number of fused-ring (bicyclic) bond motifs is 1. The van der Waals surface area contributed by atoms with E-state index < -0.39 is 0 Å². The van der Waals surface area contributed by atoms with Gasteiger partial charge in [-0.2, -0.15) is 16.9 Å². The van der Waals surface area contributed by atoms with Gasteiger partial charge in [0.15, 0.2) is 0 Å². The number of aromatic amines is 1. The van der Waals surface area contributed by atoms with E-state index >= 15 is 0 Å². The largest absolute Gasteiger partial charge is 0.376 e. The standard InChI is InChI=1S/C10H15N3OS/c1-3-14-5-7-8(1)12-13-10(7)9-6-15-4-2-11-9/h9,11H,1-6H2,(H,12,13). The summed E-state index contributed by atoms with van der Waals surface area (Å²) in [5.74, 6) is 2.33. The molecule has 1 saturated heterocycles. The summed E-state index contributed by atoms with van der Waals surface area (Å²) < 4.78 is 5.49. The molecule has 15 heavy (non-hydrogen) atoms. The normalized spacial score (nSPS) is 26.3. The van der Waals surface area contributed by atoms with Gasteiger partial charge >= 0.3 is 0 Å². The van der Waals surface area contributed by atoms with Crippen LogP contribution in [0.3, 0.4) is 0 Å². The van der Waals surface area contributed by atoms with Crippen LogP contribution in [0.1, 0.15) is 23.0 Å². The zero-order valence-electron chi connectivity index (χ0n) is 8.58. The Hall–Kier alpha value is -0.520. The molecule has 4 nitrogen and oxygen atoms in total. The summed E-state index contributed by atoms with van der Waals surface area (Å²) in [5.41, 5.74) is 3.74. The minimum atomic E-state index is 0.408. The topological polar surface area (TPSA) is 49.9 Å². The van der Waals surface area contributed by atoms with Crippen molar-refractivity contribution in [1.29, 1.82) is 0 Å². The Morgan fingerprint density at radius 2 is 2.47 bits per heavy atom. The quantitative estimate of drug-likeness (QED) is 0.744. The van der Waals surface area contributed by atoms with E-state index in [1.807, 2.05) is 11.8 Å². The van der Waals surface area contributed by atoms with Gasteiger partial charge in [0.2, 0.25) is 0 Å². The number of nitrogens with zero attached hydrogens (tertiary/aromatic N) is 1. The van der Waals surface area contributed by atoms with Gasteiger partial charge < -0.3 is 10.1 Å². The second-order valence-corrected chi connectivity index (χ2v) is 5.10. The van der Waals surface area contributed by atoms with Gasteiger partial charge in [-0.05, 0) is 0 Å². The van der Waals surface area contributed by atoms with Gasteiger partial charge in [-0.1, -0.05) is 0 Å². The number of thioether (sulfide) groups is 1. The highest BCUT2D eigenvalue weighted by Gasteiger charge is 2.24. The van der Waals surface area contributed by atoms with Gasteiger partial charge in [-0.25, -0.2) is 0 Å². The lowest BCUT2D eigenvalue weighted by Gasteiger charge is -2.23. The third kappa shape index (κ3) is 1.79. The number of nitrogens with one attached hydrogen (secondary N) is 2. The predicted molar refractivity (Wildman–Crippen MR) is 60.0 cm³/mol. The maximum Gasteiger partial charge on any atom is 0.0858 e. The SMILES string of the molecule is C1CSCC(c2n[nH]c3c2COCC3)N1. The van der Waals surface area contributed by atoms with Crippen molar-refractivity contribution in [2.75, 3.05) is 24.7 Å². The fraction of sp³-hybridized carbons (Fsp3) is 0.700. The number of rotatable bonds is 1. The Kier molecular flexibility index (Phi) is 2.68. The predicted octanol–water partition coefficient (Wildman–Crippen LogP) is 0.860. The molecular weight excluding hydrogens is 210 g/mol. The maximum atomic E-state index is 5.49. The molecule has 5 heteroatoms. The number of aromatic nitrogens is 2. The molecule has 0 aliphatic carbocycles. The molecule has 0 spiro atoms. The van der Waals surface area contributed by atoms with E-state index in [2.05, 4.69) is 15.5 Å². The van der Waals surface area contributed by atoms with Crippen LogP contribution in [-0.4, -0.2) is 34.9 Å². The molecule has 1 fully saturated rings. The highest BCUT2D eigenvalue weighted by molar-refractivity contribution is 7.99. The minimum Gasteiger partial charge on any atom is -0.376 e. The Morgan fingerprint density at radius 3 is 3.33 bits per heavy atom. The lowest BCUT2D eigenvalue weighted by atomic mass is 10.1. The lowest BCUT2D eigenvalue weighted by molar-refractivity contribution is 0.109. The van der Waals surface area contributed by atoms with Gasteiger partial charge in [0.25, 0.3) is 0 Å². The van der Waals surface area contributed by atoms with E-state index in [4.69, 9.17) is 4.74 Å². The highest BCUT2D eigenvalue weighted by atomic mass is 32.2. The molecule has 2 aliphatic heterocycles. The van der Waals surface area contributed by atoms with Crippen LogP contribution in [0.4, 0.5) is 0 Å². The van der Waals surface area contributed by atoms with E-state index in [9.17, 15) is 0 Å². The molecular formula is C10H15N3OS. The minimum absolute atomic E-state index is 0.408. The first kappa shape index (κ1) is 9.69. The lowest BCUT2D eigenvalue weighted by Crippen LogP contribution is -2.31. The van der Waals surface area contributed by atoms with Gasteiger partial charge in [0.05, 0.1) is 24.9 Å². The molecule has 0 aromatic carbocycles. The van der Waals surface area contributed by atoms with E-state index in [0.717, 1.165) is 31.9 Å². The van der Waals surface area contributed by atoms with Crippen molar-refractivity contribution in [2.24, 2.45) is 0 Å². The van der Waals surface area contributed by atoms with Crippen molar-refractivity contribution in [3.8, 4) is 0 Å². The van der Waals surface area contributed by atoms with Crippen molar-refractivity contribution < 1.29 is 4.74 Å². The summed E-state index contributed by atoms with van der Waals surface area (Å²) in [6, 6.07) is 0.408. The van der Waals surface area contributed by atoms with Gasteiger partial charge in [-0.3, -0.25) is 5.10 Å². The Labute approximate surface area is 93.2 Å². The average molecular weight is 225 g/mol. The highest BCUT2D eigenvalue weighted by Crippen LogP contribution is 2.27. The van der Waals surface area contributed by atoms with Gasteiger partial charge in [-0.15, -0.1) is 0 Å². The fourth-order valence-corrected chi connectivity index (χ4v) is 3.10. The van der Waals surface area contributed by atoms with E-state index in [0.29, 0.717) is 6.04 Å². The summed E-state index contributed by atoms with van der Waals surface area (Å²) in [6.45, 7) is 2.63. The zero-order valence-corrected chi connectivity index (χ0v) is 9.40. The third-order valence-electron chi connectivity index (χ3n) is 2.98. The molecule has 82 valence electrons. The van der Waals surface area contributed by atoms with Crippen LogP contribution in [0, 0.1) is 0 Å². The first-order valence-electron chi connectivity index (χ1n) is 5.40. The summed E-state index contributed by atoms with van der Waals surface area (Å²) in [7, 11) is 0. The fourth-order valence-electron chi connectivity index (χ4n) is 2.16. The number of hydrogen-bond donors (Lipinski definition) is 2. The first-order valence-corrected chi connectivity index (χ1v) is 6.55. The Morgan fingerprint density at radius 1 is 1.47 bits per heavy atom. The second kappa shape index (κ2) is 4.15. The van der Waals surface area contributed by atoms with Crippen LogP contribution >= 0.6 is 11.8 Å². The van der Waals surface area contributed by atoms with Crippen molar-refractivity contribution >= 4 is 11.8 Å². The second-order valence-electron chi connectivity index (χ2n) is 3.95. The van der Waals surface area contributed by atoms with Crippen molar-refractivity contribution in [2.45, 2.75) is 19.1 Å². The van der Waals surface area contributed by atoms with Crippen molar-refractivity contribution in [3.05, 3.63) is 17.0 Å². The third-order valence-corrected chi connectivity index (χ3v) is 4.04. The van der Waals surface area contributed by atoms with E-state index in [-0.39, 0.29) is 0 Å². The number of ether oxygens (including phenoxy) is 1. The molecule has 0 saturated carbocycles. The molecule has 0 amide bonds. The average Bonchev–Trinajstić information content (AvgIpc) is 2.74. The molecule has 2 aliphatic rings. The van der Waals surface area contributed by atoms with Gasteiger partial charge in [0, 0.05) is 35.7 Å². The van der Waals surface area contributed by atoms with E-state index in [1.165, 1.54) is 22.7 Å². The molecule has 3 rings (SSSR count). The van der Waals surface area contributed by atoms with Crippen LogP contribution < -0.4 is 5.32 Å². The molecule has 0 radical (unpaired) electrons. The smallest absolute Gasteiger partial charge is 0.0858 e. The van der Waals surface area contributed by atoms with Gasteiger partial charge in [0.1, 0.15) is 0 Å². The van der Waals surface area contributed by atoms with Crippen molar-refractivity contribution in [1.82, 2.24) is 15.5 Å². The molecule has 1 atom stereocenters. The van der Waals surface area contributed by atoms with Crippen LogP contribution in [0.5, 0.6) is 0 Å². The first-order chi connectivity index (χ1) is 7.45. The van der Waals surface area contributed by atoms with Crippen LogP contribution in [0.2, 0.25) is 0 Å². The molecule has 2 N–H and O–H groups in total. The molecule has 1 unspecified atom stereocenters. The van der Waals surface area contributed by atoms with E-state index in [1.54, 1.807) is 0 Å². The number of H-pyrrole nitrogens is 1. The zero-order chi connectivity index (χ0) is 10.1. The maximum absolute atomic E-state index is 5.49. The molecule has 3 heterocycles. The monoisotopic (exact) mass is 225 g/mol. The van der Waals surface area contributed by atoms with Crippen LogP contribution in [-0.2, 0) is 17.8 Å². The molecule has 0 bridgehead atoms. The summed E-state index contributed by atoms with van der Waals surface area (Å²) in [4.78, 5) is 0. The van der Waals surface area contributed by atoms with Crippen LogP contribution in [0.15, 0.2) is 0 Å². The molecule has 1 aromatic rings. The van der Waals surface area contributed by atoms with Crippen LogP contribution in [0.25, 0.3) is 0 Å².